The van der Waals surface area contributed by atoms with Crippen molar-refractivity contribution in [3.63, 3.8) is 0 Å². The van der Waals surface area contributed by atoms with Gasteiger partial charge < -0.3 is 14.2 Å². The van der Waals surface area contributed by atoms with E-state index in [2.05, 4.69) is 10.5 Å². The van der Waals surface area contributed by atoms with Crippen LogP contribution < -0.4 is 19.6 Å². The van der Waals surface area contributed by atoms with Gasteiger partial charge in [-0.3, -0.25) is 4.79 Å². The molecule has 28 heavy (non-hydrogen) atoms. The van der Waals surface area contributed by atoms with Gasteiger partial charge in [-0.05, 0) is 68.7 Å². The Morgan fingerprint density at radius 2 is 2.00 bits per heavy atom. The summed E-state index contributed by atoms with van der Waals surface area (Å²) in [6.07, 6.45) is 0.766. The number of hydrogen-bond donors (Lipinski definition) is 1. The number of nitrogens with zero attached hydrogens (tertiary/aromatic N) is 2. The van der Waals surface area contributed by atoms with Crippen LogP contribution in [0.25, 0.3) is 0 Å². The van der Waals surface area contributed by atoms with Crippen molar-refractivity contribution < 1.29 is 19.0 Å². The summed E-state index contributed by atoms with van der Waals surface area (Å²) in [6.45, 7) is 3.76. The van der Waals surface area contributed by atoms with E-state index in [1.54, 1.807) is 31.2 Å². The number of hydrogen-bond acceptors (Lipinski definition) is 6. The molecule has 2 aromatic carbocycles. The number of carbonyl (C=O) groups is 1. The lowest BCUT2D eigenvalue weighted by molar-refractivity contribution is -0.127. The molecule has 1 aliphatic rings. The van der Waals surface area contributed by atoms with Crippen molar-refractivity contribution in [3.05, 3.63) is 53.6 Å². The molecule has 0 radical (unpaired) electrons. The zero-order valence-electron chi connectivity index (χ0n) is 15.8. The Kier molecular flexibility index (Phi) is 6.12. The lowest BCUT2D eigenvalue weighted by Crippen LogP contribution is -2.33. The van der Waals surface area contributed by atoms with Gasteiger partial charge in [0.1, 0.15) is 5.75 Å². The van der Waals surface area contributed by atoms with Crippen LogP contribution in [0.1, 0.15) is 31.4 Å². The Morgan fingerprint density at radius 1 is 1.25 bits per heavy atom. The van der Waals surface area contributed by atoms with Crippen molar-refractivity contribution in [1.29, 1.82) is 5.26 Å². The standard InChI is InChI=1S/C21H21N3O4/c1-14(3-4-16-7-10-19-20(11-16)27-13-26-19)23-24-21(25)15(2)28-18-8-5-17(12-22)6-9-18/h5-11,15H,3-4,13H2,1-2H3,(H,24,25)/b23-14+. The molecule has 1 heterocycles. The van der Waals surface area contributed by atoms with E-state index < -0.39 is 6.10 Å². The van der Waals surface area contributed by atoms with Gasteiger partial charge >= 0.3 is 0 Å². The molecule has 1 unspecified atom stereocenters. The molecule has 0 aromatic heterocycles. The Hall–Kier alpha value is -3.53. The molecular weight excluding hydrogens is 358 g/mol. The fraction of sp³-hybridized carbons (Fsp3) is 0.286. The van der Waals surface area contributed by atoms with Gasteiger partial charge in [-0.15, -0.1) is 0 Å². The number of ether oxygens (including phenoxy) is 3. The Morgan fingerprint density at radius 3 is 2.75 bits per heavy atom. The average molecular weight is 379 g/mol. The SMILES string of the molecule is C/C(CCc1ccc2c(c1)OCO2)=N\NC(=O)C(C)Oc1ccc(C#N)cc1. The molecule has 7 heteroatoms. The van der Waals surface area contributed by atoms with Crippen molar-refractivity contribution in [2.75, 3.05) is 6.79 Å². The highest BCUT2D eigenvalue weighted by atomic mass is 16.7. The van der Waals surface area contributed by atoms with Crippen LogP contribution in [-0.4, -0.2) is 24.5 Å². The minimum atomic E-state index is -0.710. The van der Waals surface area contributed by atoms with E-state index in [1.165, 1.54) is 0 Å². The lowest BCUT2D eigenvalue weighted by atomic mass is 10.1. The van der Waals surface area contributed by atoms with E-state index >= 15 is 0 Å². The van der Waals surface area contributed by atoms with Gasteiger partial charge in [-0.1, -0.05) is 6.07 Å². The number of fused-ring (bicyclic) bond motifs is 1. The van der Waals surface area contributed by atoms with Crippen LogP contribution in [0.3, 0.4) is 0 Å². The largest absolute Gasteiger partial charge is 0.481 e. The topological polar surface area (TPSA) is 92.9 Å². The molecule has 0 spiro atoms. The molecule has 1 amide bonds. The molecule has 0 fully saturated rings. The predicted octanol–water partition coefficient (Wildman–Crippen LogP) is 3.18. The maximum atomic E-state index is 12.2. The fourth-order valence-corrected chi connectivity index (χ4v) is 2.58. The van der Waals surface area contributed by atoms with Crippen LogP contribution in [0.15, 0.2) is 47.6 Å². The van der Waals surface area contributed by atoms with E-state index in [4.69, 9.17) is 19.5 Å². The third-order valence-electron chi connectivity index (χ3n) is 4.23. The zero-order chi connectivity index (χ0) is 19.9. The molecule has 144 valence electrons. The van der Waals surface area contributed by atoms with Crippen molar-refractivity contribution in [1.82, 2.24) is 5.43 Å². The van der Waals surface area contributed by atoms with E-state index in [9.17, 15) is 4.79 Å². The van der Waals surface area contributed by atoms with E-state index in [0.717, 1.165) is 29.2 Å². The third kappa shape index (κ3) is 5.01. The van der Waals surface area contributed by atoms with Crippen molar-refractivity contribution in [2.24, 2.45) is 5.10 Å². The van der Waals surface area contributed by atoms with Crippen LogP contribution in [-0.2, 0) is 11.2 Å². The zero-order valence-corrected chi connectivity index (χ0v) is 15.8. The first-order chi connectivity index (χ1) is 13.5. The average Bonchev–Trinajstić information content (AvgIpc) is 3.18. The summed E-state index contributed by atoms with van der Waals surface area (Å²) in [5.41, 5.74) is 4.98. The van der Waals surface area contributed by atoms with Gasteiger partial charge in [-0.2, -0.15) is 10.4 Å². The molecule has 2 aromatic rings. The second-order valence-corrected chi connectivity index (χ2v) is 6.41. The molecule has 0 saturated carbocycles. The van der Waals surface area contributed by atoms with Gasteiger partial charge in [0.05, 0.1) is 11.6 Å². The van der Waals surface area contributed by atoms with E-state index in [1.807, 2.05) is 31.2 Å². The summed E-state index contributed by atoms with van der Waals surface area (Å²) in [5, 5.41) is 12.9. The smallest absolute Gasteiger partial charge is 0.280 e. The van der Waals surface area contributed by atoms with Gasteiger partial charge in [0.2, 0.25) is 6.79 Å². The highest BCUT2D eigenvalue weighted by Crippen LogP contribution is 2.32. The number of amides is 1. The van der Waals surface area contributed by atoms with E-state index in [-0.39, 0.29) is 12.7 Å². The van der Waals surface area contributed by atoms with Crippen molar-refractivity contribution in [3.8, 4) is 23.3 Å². The first-order valence-corrected chi connectivity index (χ1v) is 8.93. The number of carbonyl (C=O) groups excluding carboxylic acids is 1. The minimum Gasteiger partial charge on any atom is -0.481 e. The van der Waals surface area contributed by atoms with Gasteiger partial charge in [0.25, 0.3) is 5.91 Å². The van der Waals surface area contributed by atoms with Gasteiger partial charge in [-0.25, -0.2) is 5.43 Å². The summed E-state index contributed by atoms with van der Waals surface area (Å²) >= 11 is 0. The summed E-state index contributed by atoms with van der Waals surface area (Å²) in [4.78, 5) is 12.2. The van der Waals surface area contributed by atoms with Crippen LogP contribution >= 0.6 is 0 Å². The number of nitrogens with one attached hydrogen (secondary N) is 1. The predicted molar refractivity (Wildman–Crippen MR) is 103 cm³/mol. The summed E-state index contributed by atoms with van der Waals surface area (Å²) in [7, 11) is 0. The van der Waals surface area contributed by atoms with Crippen molar-refractivity contribution >= 4 is 11.6 Å². The maximum absolute atomic E-state index is 12.2. The monoisotopic (exact) mass is 379 g/mol. The number of aryl methyl sites for hydroxylation is 1. The molecule has 0 aliphatic carbocycles. The van der Waals surface area contributed by atoms with E-state index in [0.29, 0.717) is 17.7 Å². The van der Waals surface area contributed by atoms with Crippen LogP contribution in [0.2, 0.25) is 0 Å². The molecule has 0 bridgehead atoms. The quantitative estimate of drug-likeness (QED) is 0.589. The molecule has 1 atom stereocenters. The third-order valence-corrected chi connectivity index (χ3v) is 4.23. The molecule has 7 nitrogen and oxygen atoms in total. The molecule has 0 saturated heterocycles. The highest BCUT2D eigenvalue weighted by Gasteiger charge is 2.15. The molecule has 1 aliphatic heterocycles. The van der Waals surface area contributed by atoms with Crippen LogP contribution in [0, 0.1) is 11.3 Å². The molecule has 3 rings (SSSR count). The number of hydrazone groups is 1. The minimum absolute atomic E-state index is 0.258. The number of benzene rings is 2. The summed E-state index contributed by atoms with van der Waals surface area (Å²) in [5.74, 6) is 1.70. The maximum Gasteiger partial charge on any atom is 0.280 e. The van der Waals surface area contributed by atoms with Gasteiger partial charge in [0.15, 0.2) is 17.6 Å². The second kappa shape index (κ2) is 8.91. The molecular formula is C21H21N3O4. The Balaban J connectivity index is 1.46. The lowest BCUT2D eigenvalue weighted by Gasteiger charge is -2.13. The van der Waals surface area contributed by atoms with Crippen LogP contribution in [0.4, 0.5) is 0 Å². The normalized spacial score (nSPS) is 13.5. The Bertz CT molecular complexity index is 916. The summed E-state index contributed by atoms with van der Waals surface area (Å²) < 4.78 is 16.2. The first-order valence-electron chi connectivity index (χ1n) is 8.93. The fourth-order valence-electron chi connectivity index (χ4n) is 2.58. The summed E-state index contributed by atoms with van der Waals surface area (Å²) in [6, 6.07) is 14.5. The first kappa shape index (κ1) is 19.2. The second-order valence-electron chi connectivity index (χ2n) is 6.41. The number of nitriles is 1. The highest BCUT2D eigenvalue weighted by molar-refractivity contribution is 5.86. The van der Waals surface area contributed by atoms with Crippen LogP contribution in [0.5, 0.6) is 17.2 Å². The van der Waals surface area contributed by atoms with Crippen molar-refractivity contribution in [2.45, 2.75) is 32.8 Å². The number of rotatable bonds is 7. The Labute approximate surface area is 163 Å². The van der Waals surface area contributed by atoms with Gasteiger partial charge in [0, 0.05) is 5.71 Å². The molecule has 1 N–H and O–H groups in total.